The number of rotatable bonds is 8. The molecule has 0 atom stereocenters. The number of pyridine rings is 1. The van der Waals surface area contributed by atoms with Crippen LogP contribution in [-0.4, -0.2) is 33.1 Å². The predicted octanol–water partition coefficient (Wildman–Crippen LogP) is 4.12. The van der Waals surface area contributed by atoms with Gasteiger partial charge in [0.2, 0.25) is 0 Å². The van der Waals surface area contributed by atoms with Gasteiger partial charge in [-0.25, -0.2) is 5.43 Å². The van der Waals surface area contributed by atoms with Crippen LogP contribution in [0.4, 0.5) is 0 Å². The Labute approximate surface area is 173 Å². The van der Waals surface area contributed by atoms with Crippen LogP contribution in [0.2, 0.25) is 5.02 Å². The molecule has 3 rings (SSSR count). The van der Waals surface area contributed by atoms with Crippen LogP contribution in [-0.2, 0) is 10.5 Å². The number of aromatic nitrogens is 3. The van der Waals surface area contributed by atoms with Crippen LogP contribution in [0.25, 0.3) is 0 Å². The molecule has 1 aromatic carbocycles. The van der Waals surface area contributed by atoms with Crippen molar-refractivity contribution in [3.63, 3.8) is 0 Å². The lowest BCUT2D eigenvalue weighted by Crippen LogP contribution is -2.19. The molecule has 0 aliphatic heterocycles. The topological polar surface area (TPSA) is 80.1 Å². The second-order valence-electron chi connectivity index (χ2n) is 5.09. The molecule has 27 heavy (non-hydrogen) atoms. The van der Waals surface area contributed by atoms with E-state index < -0.39 is 0 Å². The molecule has 2 heterocycles. The van der Waals surface area contributed by atoms with E-state index in [1.54, 1.807) is 24.0 Å². The SMILES string of the molecule is O=C(CSc1nnc(SCc2ccc(Cl)cc2)s1)NN=Cc1ccccn1. The van der Waals surface area contributed by atoms with Gasteiger partial charge in [-0.1, -0.05) is 64.7 Å². The van der Waals surface area contributed by atoms with E-state index in [2.05, 4.69) is 25.7 Å². The Kier molecular flexibility index (Phi) is 7.64. The third-order valence-corrected chi connectivity index (χ3v) is 6.58. The lowest BCUT2D eigenvalue weighted by atomic mass is 10.2. The summed E-state index contributed by atoms with van der Waals surface area (Å²) >= 11 is 10.3. The molecular formula is C17H14ClN5OS3. The van der Waals surface area contributed by atoms with Crippen molar-refractivity contribution in [1.29, 1.82) is 0 Å². The molecule has 0 aliphatic rings. The smallest absolute Gasteiger partial charge is 0.250 e. The zero-order valence-corrected chi connectivity index (χ0v) is 17.1. The van der Waals surface area contributed by atoms with Gasteiger partial charge in [0.15, 0.2) is 8.68 Å². The lowest BCUT2D eigenvalue weighted by Gasteiger charge is -1.98. The maximum atomic E-state index is 11.8. The molecule has 2 aromatic heterocycles. The fourth-order valence-corrected chi connectivity index (χ4v) is 4.72. The second kappa shape index (κ2) is 10.4. The quantitative estimate of drug-likeness (QED) is 0.325. The largest absolute Gasteiger partial charge is 0.272 e. The number of nitrogens with one attached hydrogen (secondary N) is 1. The molecule has 0 radical (unpaired) electrons. The van der Waals surface area contributed by atoms with Crippen LogP contribution in [0.15, 0.2) is 62.4 Å². The van der Waals surface area contributed by atoms with Crippen molar-refractivity contribution in [2.75, 3.05) is 5.75 Å². The van der Waals surface area contributed by atoms with Crippen LogP contribution in [0.5, 0.6) is 0 Å². The molecule has 138 valence electrons. The first-order valence-electron chi connectivity index (χ1n) is 7.75. The Hall–Kier alpha value is -1.94. The molecule has 1 N–H and O–H groups in total. The van der Waals surface area contributed by atoms with E-state index in [0.717, 1.165) is 19.5 Å². The van der Waals surface area contributed by atoms with Gasteiger partial charge in [-0.05, 0) is 29.8 Å². The van der Waals surface area contributed by atoms with Gasteiger partial charge in [-0.15, -0.1) is 10.2 Å². The summed E-state index contributed by atoms with van der Waals surface area (Å²) in [6.07, 6.45) is 3.16. The van der Waals surface area contributed by atoms with Gasteiger partial charge in [-0.2, -0.15) is 5.10 Å². The molecule has 0 bridgehead atoms. The lowest BCUT2D eigenvalue weighted by molar-refractivity contribution is -0.118. The van der Waals surface area contributed by atoms with Crippen molar-refractivity contribution in [2.45, 2.75) is 14.4 Å². The predicted molar refractivity (Wildman–Crippen MR) is 112 cm³/mol. The molecule has 0 unspecified atom stereocenters. The standard InChI is InChI=1S/C17H14ClN5OS3/c18-13-6-4-12(5-7-13)10-25-16-22-23-17(27-16)26-11-15(24)21-20-9-14-3-1-2-8-19-14/h1-9H,10-11H2,(H,21,24). The highest BCUT2D eigenvalue weighted by molar-refractivity contribution is 8.03. The van der Waals surface area contributed by atoms with Crippen LogP contribution in [0.3, 0.4) is 0 Å². The number of nitrogens with zero attached hydrogens (tertiary/aromatic N) is 4. The highest BCUT2D eigenvalue weighted by Crippen LogP contribution is 2.30. The van der Waals surface area contributed by atoms with E-state index in [4.69, 9.17) is 11.6 Å². The summed E-state index contributed by atoms with van der Waals surface area (Å²) < 4.78 is 1.61. The number of carbonyl (C=O) groups is 1. The van der Waals surface area contributed by atoms with Crippen molar-refractivity contribution in [1.82, 2.24) is 20.6 Å². The Balaban J connectivity index is 1.40. The fourth-order valence-electron chi connectivity index (χ4n) is 1.82. The monoisotopic (exact) mass is 435 g/mol. The summed E-state index contributed by atoms with van der Waals surface area (Å²) in [5.41, 5.74) is 4.31. The Morgan fingerprint density at radius 1 is 1.15 bits per heavy atom. The van der Waals surface area contributed by atoms with Crippen molar-refractivity contribution in [2.24, 2.45) is 5.10 Å². The highest BCUT2D eigenvalue weighted by Gasteiger charge is 2.08. The molecule has 6 nitrogen and oxygen atoms in total. The number of halogens is 1. The minimum absolute atomic E-state index is 0.210. The Bertz CT molecular complexity index is 902. The van der Waals surface area contributed by atoms with Gasteiger partial charge in [0.1, 0.15) is 0 Å². The third-order valence-electron chi connectivity index (χ3n) is 3.06. The summed E-state index contributed by atoms with van der Waals surface area (Å²) in [7, 11) is 0. The Morgan fingerprint density at radius 2 is 1.93 bits per heavy atom. The first-order chi connectivity index (χ1) is 13.2. The minimum Gasteiger partial charge on any atom is -0.272 e. The van der Waals surface area contributed by atoms with Gasteiger partial charge in [0.05, 0.1) is 17.7 Å². The van der Waals surface area contributed by atoms with Gasteiger partial charge in [0, 0.05) is 17.0 Å². The summed E-state index contributed by atoms with van der Waals surface area (Å²) in [5.74, 6) is 0.799. The molecule has 0 fully saturated rings. The van der Waals surface area contributed by atoms with Gasteiger partial charge in [0.25, 0.3) is 5.91 Å². The van der Waals surface area contributed by atoms with E-state index in [0.29, 0.717) is 5.69 Å². The summed E-state index contributed by atoms with van der Waals surface area (Å²) in [6.45, 7) is 0. The third kappa shape index (κ3) is 6.94. The van der Waals surface area contributed by atoms with Crippen molar-refractivity contribution < 1.29 is 4.79 Å². The number of carbonyl (C=O) groups excluding carboxylic acids is 1. The number of thioether (sulfide) groups is 2. The van der Waals surface area contributed by atoms with Crippen molar-refractivity contribution in [3.05, 3.63) is 64.9 Å². The van der Waals surface area contributed by atoms with E-state index in [-0.39, 0.29) is 11.7 Å². The number of hydrazone groups is 1. The fraction of sp³-hybridized carbons (Fsp3) is 0.118. The first-order valence-corrected chi connectivity index (χ1v) is 10.9. The zero-order valence-electron chi connectivity index (χ0n) is 13.9. The molecule has 0 saturated carbocycles. The normalized spacial score (nSPS) is 11.0. The van der Waals surface area contributed by atoms with Crippen molar-refractivity contribution in [3.8, 4) is 0 Å². The zero-order chi connectivity index (χ0) is 18.9. The number of amides is 1. The van der Waals surface area contributed by atoms with Gasteiger partial charge >= 0.3 is 0 Å². The molecular weight excluding hydrogens is 422 g/mol. The van der Waals surface area contributed by atoms with Gasteiger partial charge < -0.3 is 0 Å². The average molecular weight is 436 g/mol. The summed E-state index contributed by atoms with van der Waals surface area (Å²) in [5, 5.41) is 12.9. The second-order valence-corrected chi connectivity index (χ2v) is 8.94. The molecule has 10 heteroatoms. The number of benzene rings is 1. The molecule has 0 saturated heterocycles. The van der Waals surface area contributed by atoms with Crippen LogP contribution >= 0.6 is 46.5 Å². The first kappa shape index (κ1) is 19.8. The van der Waals surface area contributed by atoms with E-state index in [9.17, 15) is 4.79 Å². The van der Waals surface area contributed by atoms with Crippen LogP contribution < -0.4 is 5.43 Å². The van der Waals surface area contributed by atoms with E-state index in [1.807, 2.05) is 36.4 Å². The maximum absolute atomic E-state index is 11.8. The van der Waals surface area contributed by atoms with Gasteiger partial charge in [-0.3, -0.25) is 9.78 Å². The van der Waals surface area contributed by atoms with Crippen LogP contribution in [0.1, 0.15) is 11.3 Å². The molecule has 1 amide bonds. The Morgan fingerprint density at radius 3 is 2.67 bits per heavy atom. The number of hydrogen-bond acceptors (Lipinski definition) is 8. The highest BCUT2D eigenvalue weighted by atomic mass is 35.5. The van der Waals surface area contributed by atoms with Crippen LogP contribution in [0, 0.1) is 0 Å². The van der Waals surface area contributed by atoms with Crippen molar-refractivity contribution >= 4 is 58.6 Å². The molecule has 3 aromatic rings. The minimum atomic E-state index is -0.210. The van der Waals surface area contributed by atoms with E-state index >= 15 is 0 Å². The van der Waals surface area contributed by atoms with E-state index in [1.165, 1.54) is 34.9 Å². The summed E-state index contributed by atoms with van der Waals surface area (Å²) in [4.78, 5) is 15.9. The summed E-state index contributed by atoms with van der Waals surface area (Å²) in [6, 6.07) is 13.2. The molecule has 0 spiro atoms. The number of hydrogen-bond donors (Lipinski definition) is 1. The maximum Gasteiger partial charge on any atom is 0.250 e. The molecule has 0 aliphatic carbocycles. The average Bonchev–Trinajstić information content (AvgIpc) is 3.15.